The van der Waals surface area contributed by atoms with Crippen molar-refractivity contribution in [2.75, 3.05) is 14.2 Å². The molecule has 1 aromatic carbocycles. The number of ether oxygens (including phenoxy) is 2. The quantitative estimate of drug-likeness (QED) is 0.730. The van der Waals surface area contributed by atoms with Crippen molar-refractivity contribution in [2.45, 2.75) is 0 Å². The average molecular weight is 307 g/mol. The number of aromatic amines is 1. The maximum absolute atomic E-state index is 11.7. The third-order valence-electron chi connectivity index (χ3n) is 3.28. The van der Waals surface area contributed by atoms with Crippen molar-refractivity contribution in [1.29, 1.82) is 0 Å². The van der Waals surface area contributed by atoms with Crippen LogP contribution in [0.1, 0.15) is 11.1 Å². The van der Waals surface area contributed by atoms with E-state index < -0.39 is 0 Å². The van der Waals surface area contributed by atoms with Crippen LogP contribution >= 0.6 is 0 Å². The van der Waals surface area contributed by atoms with Crippen molar-refractivity contribution in [1.82, 2.24) is 15.0 Å². The maximum Gasteiger partial charge on any atom is 0.259 e. The lowest BCUT2D eigenvalue weighted by atomic mass is 10.1. The van der Waals surface area contributed by atoms with E-state index in [2.05, 4.69) is 26.8 Å². The Hall–Kier alpha value is -3.33. The molecule has 1 N–H and O–H groups in total. The van der Waals surface area contributed by atoms with Crippen LogP contribution in [0.15, 0.2) is 41.7 Å². The SMILES string of the molecule is COc1ccc(C#Cc2c[nH]c(=O)c3cncnc23)cc1OC. The lowest BCUT2D eigenvalue weighted by Crippen LogP contribution is -2.07. The molecule has 0 aliphatic rings. The number of hydrogen-bond donors (Lipinski definition) is 1. The molecule has 0 fully saturated rings. The molecule has 0 radical (unpaired) electrons. The molecular formula is C17H13N3O3. The summed E-state index contributed by atoms with van der Waals surface area (Å²) < 4.78 is 10.4. The third kappa shape index (κ3) is 2.85. The van der Waals surface area contributed by atoms with E-state index >= 15 is 0 Å². The molecule has 0 atom stereocenters. The van der Waals surface area contributed by atoms with Crippen molar-refractivity contribution in [3.05, 3.63) is 58.4 Å². The highest BCUT2D eigenvalue weighted by Crippen LogP contribution is 2.27. The molecule has 0 amide bonds. The van der Waals surface area contributed by atoms with Crippen LogP contribution in [-0.2, 0) is 0 Å². The first-order chi connectivity index (χ1) is 11.2. The molecule has 2 heterocycles. The Morgan fingerprint density at radius 3 is 2.74 bits per heavy atom. The van der Waals surface area contributed by atoms with Crippen LogP contribution in [0.25, 0.3) is 10.9 Å². The molecule has 0 bridgehead atoms. The normalized spacial score (nSPS) is 10.0. The minimum absolute atomic E-state index is 0.239. The molecule has 0 saturated heterocycles. The molecule has 23 heavy (non-hydrogen) atoms. The minimum Gasteiger partial charge on any atom is -0.493 e. The van der Waals surface area contributed by atoms with Crippen LogP contribution < -0.4 is 15.0 Å². The molecule has 0 saturated carbocycles. The summed E-state index contributed by atoms with van der Waals surface area (Å²) in [7, 11) is 3.15. The Morgan fingerprint density at radius 1 is 1.13 bits per heavy atom. The van der Waals surface area contributed by atoms with E-state index in [1.54, 1.807) is 32.5 Å². The summed E-state index contributed by atoms with van der Waals surface area (Å²) in [5, 5.41) is 0.409. The number of rotatable bonds is 2. The molecule has 3 aromatic rings. The smallest absolute Gasteiger partial charge is 0.259 e. The fourth-order valence-corrected chi connectivity index (χ4v) is 2.14. The van der Waals surface area contributed by atoms with Gasteiger partial charge in [-0.2, -0.15) is 0 Å². The van der Waals surface area contributed by atoms with Crippen molar-refractivity contribution in [3.63, 3.8) is 0 Å². The zero-order valence-corrected chi connectivity index (χ0v) is 12.6. The Kier molecular flexibility index (Phi) is 3.93. The largest absolute Gasteiger partial charge is 0.493 e. The molecule has 6 nitrogen and oxygen atoms in total. The fraction of sp³-hybridized carbons (Fsp3) is 0.118. The molecule has 114 valence electrons. The van der Waals surface area contributed by atoms with Crippen LogP contribution in [0.5, 0.6) is 11.5 Å². The van der Waals surface area contributed by atoms with Gasteiger partial charge in [0.15, 0.2) is 11.5 Å². The van der Waals surface area contributed by atoms with Crippen molar-refractivity contribution >= 4 is 10.9 Å². The number of hydrogen-bond acceptors (Lipinski definition) is 5. The van der Waals surface area contributed by atoms with E-state index in [1.165, 1.54) is 12.5 Å². The third-order valence-corrected chi connectivity index (χ3v) is 3.28. The van der Waals surface area contributed by atoms with Crippen LogP contribution in [0, 0.1) is 11.8 Å². The second kappa shape index (κ2) is 6.20. The van der Waals surface area contributed by atoms with Gasteiger partial charge in [0.05, 0.1) is 30.7 Å². The summed E-state index contributed by atoms with van der Waals surface area (Å²) in [4.78, 5) is 22.4. The lowest BCUT2D eigenvalue weighted by molar-refractivity contribution is 0.355. The highest BCUT2D eigenvalue weighted by atomic mass is 16.5. The average Bonchev–Trinajstić information content (AvgIpc) is 2.61. The summed E-state index contributed by atoms with van der Waals surface area (Å²) in [6.07, 6.45) is 4.41. The zero-order chi connectivity index (χ0) is 16.2. The summed E-state index contributed by atoms with van der Waals surface area (Å²) in [6, 6.07) is 5.40. The molecule has 6 heteroatoms. The Morgan fingerprint density at radius 2 is 1.96 bits per heavy atom. The number of nitrogens with zero attached hydrogens (tertiary/aromatic N) is 2. The van der Waals surface area contributed by atoms with Crippen LogP contribution in [-0.4, -0.2) is 29.2 Å². The number of fused-ring (bicyclic) bond motifs is 1. The van der Waals surface area contributed by atoms with E-state index in [1.807, 2.05) is 6.07 Å². The second-order valence-electron chi connectivity index (χ2n) is 4.64. The molecule has 0 aliphatic carbocycles. The summed E-state index contributed by atoms with van der Waals surface area (Å²) in [6.45, 7) is 0. The van der Waals surface area contributed by atoms with Gasteiger partial charge in [-0.25, -0.2) is 9.97 Å². The first kappa shape index (κ1) is 14.6. The van der Waals surface area contributed by atoms with Gasteiger partial charge in [0.25, 0.3) is 5.56 Å². The fourth-order valence-electron chi connectivity index (χ4n) is 2.14. The number of pyridine rings is 1. The Bertz CT molecular complexity index is 984. The predicted molar refractivity (Wildman–Crippen MR) is 85.7 cm³/mol. The number of benzene rings is 1. The topological polar surface area (TPSA) is 77.1 Å². The van der Waals surface area contributed by atoms with Crippen molar-refractivity contribution in [2.24, 2.45) is 0 Å². The first-order valence-electron chi connectivity index (χ1n) is 6.78. The number of nitrogens with one attached hydrogen (secondary N) is 1. The van der Waals surface area contributed by atoms with Gasteiger partial charge >= 0.3 is 0 Å². The minimum atomic E-state index is -0.239. The van der Waals surface area contributed by atoms with Gasteiger partial charge in [-0.15, -0.1) is 0 Å². The van der Waals surface area contributed by atoms with E-state index in [9.17, 15) is 4.79 Å². The zero-order valence-electron chi connectivity index (χ0n) is 12.6. The maximum atomic E-state index is 11.7. The van der Waals surface area contributed by atoms with Gasteiger partial charge in [0.2, 0.25) is 0 Å². The van der Waals surface area contributed by atoms with E-state index in [0.717, 1.165) is 5.56 Å². The standard InChI is InChI=1S/C17H13N3O3/c1-22-14-6-4-11(7-15(14)23-2)3-5-12-8-19-17(21)13-9-18-10-20-16(12)13/h4,6-10H,1-2H3,(H,19,21). The lowest BCUT2D eigenvalue weighted by Gasteiger charge is -2.06. The molecular weight excluding hydrogens is 294 g/mol. The van der Waals surface area contributed by atoms with E-state index in [-0.39, 0.29) is 5.56 Å². The monoisotopic (exact) mass is 307 g/mol. The Balaban J connectivity index is 2.06. The molecule has 0 spiro atoms. The predicted octanol–water partition coefficient (Wildman–Crippen LogP) is 1.74. The van der Waals surface area contributed by atoms with E-state index in [0.29, 0.717) is 28.0 Å². The second-order valence-corrected chi connectivity index (χ2v) is 4.64. The highest BCUT2D eigenvalue weighted by Gasteiger charge is 2.05. The van der Waals surface area contributed by atoms with Gasteiger partial charge in [0, 0.05) is 18.0 Å². The van der Waals surface area contributed by atoms with Crippen LogP contribution in [0.2, 0.25) is 0 Å². The van der Waals surface area contributed by atoms with Crippen LogP contribution in [0.4, 0.5) is 0 Å². The molecule has 0 unspecified atom stereocenters. The van der Waals surface area contributed by atoms with Gasteiger partial charge in [0.1, 0.15) is 6.33 Å². The summed E-state index contributed by atoms with van der Waals surface area (Å²) >= 11 is 0. The van der Waals surface area contributed by atoms with E-state index in [4.69, 9.17) is 9.47 Å². The van der Waals surface area contributed by atoms with Crippen molar-refractivity contribution in [3.8, 4) is 23.3 Å². The Labute approximate surface area is 132 Å². The summed E-state index contributed by atoms with van der Waals surface area (Å²) in [5.74, 6) is 7.29. The first-order valence-corrected chi connectivity index (χ1v) is 6.78. The van der Waals surface area contributed by atoms with Gasteiger partial charge in [-0.05, 0) is 18.2 Å². The summed E-state index contributed by atoms with van der Waals surface area (Å²) in [5.41, 5.74) is 1.67. The van der Waals surface area contributed by atoms with Gasteiger partial charge in [-0.1, -0.05) is 11.8 Å². The highest BCUT2D eigenvalue weighted by molar-refractivity contribution is 5.82. The molecule has 2 aromatic heterocycles. The van der Waals surface area contributed by atoms with Crippen LogP contribution in [0.3, 0.4) is 0 Å². The number of H-pyrrole nitrogens is 1. The van der Waals surface area contributed by atoms with Crippen molar-refractivity contribution < 1.29 is 9.47 Å². The molecule has 0 aliphatic heterocycles. The van der Waals surface area contributed by atoms with Gasteiger partial charge < -0.3 is 14.5 Å². The number of methoxy groups -OCH3 is 2. The van der Waals surface area contributed by atoms with Gasteiger partial charge in [-0.3, -0.25) is 4.79 Å². The molecule has 3 rings (SSSR count). The number of aromatic nitrogens is 3.